The summed E-state index contributed by atoms with van der Waals surface area (Å²) in [5, 5.41) is 2.45. The lowest BCUT2D eigenvalue weighted by Crippen LogP contribution is -2.29. The Morgan fingerprint density at radius 2 is 1.78 bits per heavy atom. The van der Waals surface area contributed by atoms with E-state index < -0.39 is 30.3 Å². The van der Waals surface area contributed by atoms with Crippen LogP contribution < -0.4 is 10.1 Å². The number of aryl methyl sites for hydroxylation is 1. The molecule has 1 unspecified atom stereocenters. The van der Waals surface area contributed by atoms with Crippen LogP contribution in [0.3, 0.4) is 0 Å². The van der Waals surface area contributed by atoms with Crippen molar-refractivity contribution in [2.75, 3.05) is 11.9 Å². The van der Waals surface area contributed by atoms with Crippen molar-refractivity contribution in [1.82, 2.24) is 0 Å². The average molecular weight is 395 g/mol. The van der Waals surface area contributed by atoms with Crippen LogP contribution in [0.2, 0.25) is 0 Å². The number of anilines is 1. The predicted octanol–water partition coefficient (Wildman–Crippen LogP) is 4.26. The van der Waals surface area contributed by atoms with Gasteiger partial charge in [-0.15, -0.1) is 0 Å². The highest BCUT2D eigenvalue weighted by atomic mass is 32.2. The number of benzene rings is 2. The molecule has 0 aliphatic carbocycles. The van der Waals surface area contributed by atoms with Gasteiger partial charge in [0.15, 0.2) is 12.7 Å². The second kappa shape index (κ2) is 9.91. The van der Waals surface area contributed by atoms with Crippen molar-refractivity contribution in [2.45, 2.75) is 30.6 Å². The standard InChI is InChI=1S/C19H19F2NO4S/c1-12-7-9-14(10-8-12)26-13(2)18(24)25-11-17(23)22-15-5-3-4-6-16(15)27-19(20)21/h3-10,13,19H,11H2,1-2H3,(H,22,23). The van der Waals surface area contributed by atoms with Crippen LogP contribution >= 0.6 is 11.8 Å². The summed E-state index contributed by atoms with van der Waals surface area (Å²) in [7, 11) is 0. The number of amides is 1. The van der Waals surface area contributed by atoms with Crippen molar-refractivity contribution in [3.63, 3.8) is 0 Å². The Labute approximate surface area is 160 Å². The minimum Gasteiger partial charge on any atom is -0.479 e. The molecule has 2 rings (SSSR count). The zero-order valence-electron chi connectivity index (χ0n) is 14.8. The minimum absolute atomic E-state index is 0.225. The third-order valence-electron chi connectivity index (χ3n) is 3.39. The fraction of sp³-hybridized carbons (Fsp3) is 0.263. The zero-order valence-corrected chi connectivity index (χ0v) is 15.6. The monoisotopic (exact) mass is 395 g/mol. The molecule has 5 nitrogen and oxygen atoms in total. The summed E-state index contributed by atoms with van der Waals surface area (Å²) in [6.07, 6.45) is -0.901. The van der Waals surface area contributed by atoms with Crippen LogP contribution in [0.1, 0.15) is 12.5 Å². The van der Waals surface area contributed by atoms with Crippen molar-refractivity contribution in [2.24, 2.45) is 0 Å². The zero-order chi connectivity index (χ0) is 19.8. The molecule has 2 aromatic carbocycles. The predicted molar refractivity (Wildman–Crippen MR) is 99.2 cm³/mol. The lowest BCUT2D eigenvalue weighted by atomic mass is 10.2. The average Bonchev–Trinajstić information content (AvgIpc) is 2.62. The van der Waals surface area contributed by atoms with E-state index >= 15 is 0 Å². The van der Waals surface area contributed by atoms with Crippen LogP contribution in [0.5, 0.6) is 5.75 Å². The van der Waals surface area contributed by atoms with Crippen LogP contribution in [0.4, 0.5) is 14.5 Å². The van der Waals surface area contributed by atoms with E-state index in [9.17, 15) is 18.4 Å². The largest absolute Gasteiger partial charge is 0.479 e. The number of carbonyl (C=O) groups is 2. The first-order valence-corrected chi connectivity index (χ1v) is 8.97. The van der Waals surface area contributed by atoms with Gasteiger partial charge in [0.1, 0.15) is 5.75 Å². The molecule has 0 radical (unpaired) electrons. The Morgan fingerprint density at radius 3 is 2.44 bits per heavy atom. The maximum Gasteiger partial charge on any atom is 0.347 e. The van der Waals surface area contributed by atoms with E-state index in [4.69, 9.17) is 9.47 Å². The highest BCUT2D eigenvalue weighted by molar-refractivity contribution is 7.99. The van der Waals surface area contributed by atoms with E-state index in [0.717, 1.165) is 5.56 Å². The van der Waals surface area contributed by atoms with Gasteiger partial charge in [-0.25, -0.2) is 4.79 Å². The quantitative estimate of drug-likeness (QED) is 0.535. The van der Waals surface area contributed by atoms with Crippen LogP contribution in [0.25, 0.3) is 0 Å². The number of rotatable bonds is 8. The summed E-state index contributed by atoms with van der Waals surface area (Å²) in [5.74, 6) is -3.44. The number of alkyl halides is 2. The molecule has 0 fully saturated rings. The van der Waals surface area contributed by atoms with E-state index in [1.54, 1.807) is 24.3 Å². The molecule has 8 heteroatoms. The summed E-state index contributed by atoms with van der Waals surface area (Å²) >= 11 is 0.323. The highest BCUT2D eigenvalue weighted by Gasteiger charge is 2.18. The van der Waals surface area contributed by atoms with Crippen LogP contribution in [-0.4, -0.2) is 30.3 Å². The molecule has 0 spiro atoms. The Hall–Kier alpha value is -2.61. The second-order valence-electron chi connectivity index (χ2n) is 5.60. The molecule has 27 heavy (non-hydrogen) atoms. The summed E-state index contributed by atoms with van der Waals surface area (Å²) in [6, 6.07) is 13.3. The van der Waals surface area contributed by atoms with Gasteiger partial charge in [0.2, 0.25) is 0 Å². The number of thioether (sulfide) groups is 1. The number of ether oxygens (including phenoxy) is 2. The van der Waals surface area contributed by atoms with Gasteiger partial charge in [0.25, 0.3) is 11.7 Å². The molecule has 1 atom stereocenters. The lowest BCUT2D eigenvalue weighted by Gasteiger charge is -2.14. The van der Waals surface area contributed by atoms with E-state index in [0.29, 0.717) is 17.5 Å². The first-order valence-electron chi connectivity index (χ1n) is 8.09. The molecule has 0 aliphatic rings. The smallest absolute Gasteiger partial charge is 0.347 e. The molecule has 1 N–H and O–H groups in total. The molecule has 2 aromatic rings. The molecule has 0 bridgehead atoms. The van der Waals surface area contributed by atoms with Crippen molar-refractivity contribution in [3.8, 4) is 5.75 Å². The van der Waals surface area contributed by atoms with Gasteiger partial charge in [0.05, 0.1) is 5.69 Å². The fourth-order valence-electron chi connectivity index (χ4n) is 2.08. The van der Waals surface area contributed by atoms with Gasteiger partial charge in [-0.2, -0.15) is 8.78 Å². The van der Waals surface area contributed by atoms with E-state index in [-0.39, 0.29) is 10.6 Å². The number of hydrogen-bond donors (Lipinski definition) is 1. The Kier molecular flexibility index (Phi) is 7.60. The number of hydrogen-bond acceptors (Lipinski definition) is 5. The van der Waals surface area contributed by atoms with Gasteiger partial charge in [-0.3, -0.25) is 4.79 Å². The third kappa shape index (κ3) is 6.90. The molecule has 1 amide bonds. The minimum atomic E-state index is -2.61. The topological polar surface area (TPSA) is 64.6 Å². The summed E-state index contributed by atoms with van der Waals surface area (Å²) in [6.45, 7) is 2.89. The van der Waals surface area contributed by atoms with Gasteiger partial charge in [-0.1, -0.05) is 41.6 Å². The maximum atomic E-state index is 12.5. The first kappa shape index (κ1) is 20.7. The normalized spacial score (nSPS) is 11.7. The van der Waals surface area contributed by atoms with Crippen molar-refractivity contribution in [3.05, 3.63) is 54.1 Å². The Morgan fingerprint density at radius 1 is 1.11 bits per heavy atom. The van der Waals surface area contributed by atoms with E-state index in [2.05, 4.69) is 5.32 Å². The number of nitrogens with one attached hydrogen (secondary N) is 1. The van der Waals surface area contributed by atoms with E-state index in [1.165, 1.54) is 19.1 Å². The number of esters is 1. The van der Waals surface area contributed by atoms with E-state index in [1.807, 2.05) is 19.1 Å². The molecular weight excluding hydrogens is 376 g/mol. The van der Waals surface area contributed by atoms with Gasteiger partial charge < -0.3 is 14.8 Å². The van der Waals surface area contributed by atoms with Crippen molar-refractivity contribution < 1.29 is 27.8 Å². The second-order valence-corrected chi connectivity index (χ2v) is 6.64. The summed E-state index contributed by atoms with van der Waals surface area (Å²) in [5.41, 5.74) is 1.28. The Bertz CT molecular complexity index is 784. The van der Waals surface area contributed by atoms with Crippen molar-refractivity contribution >= 4 is 29.3 Å². The highest BCUT2D eigenvalue weighted by Crippen LogP contribution is 2.31. The fourth-order valence-corrected chi connectivity index (χ4v) is 2.67. The molecule has 0 aliphatic heterocycles. The summed E-state index contributed by atoms with van der Waals surface area (Å²) in [4.78, 5) is 24.1. The van der Waals surface area contributed by atoms with Crippen molar-refractivity contribution in [1.29, 1.82) is 0 Å². The summed E-state index contributed by atoms with van der Waals surface area (Å²) < 4.78 is 35.5. The Balaban J connectivity index is 1.84. The van der Waals surface area contributed by atoms with Crippen LogP contribution in [0.15, 0.2) is 53.4 Å². The number of carbonyl (C=O) groups excluding carboxylic acids is 2. The first-order chi connectivity index (χ1) is 12.8. The lowest BCUT2D eigenvalue weighted by molar-refractivity contribution is -0.153. The molecule has 0 aromatic heterocycles. The maximum absolute atomic E-state index is 12.5. The van der Waals surface area contributed by atoms with Gasteiger partial charge >= 0.3 is 5.97 Å². The molecule has 0 heterocycles. The van der Waals surface area contributed by atoms with Crippen LogP contribution in [-0.2, 0) is 14.3 Å². The molecular formula is C19H19F2NO4S. The number of halogens is 2. The van der Waals surface area contributed by atoms with Gasteiger partial charge in [-0.05, 0) is 38.1 Å². The SMILES string of the molecule is Cc1ccc(OC(C)C(=O)OCC(=O)Nc2ccccc2SC(F)F)cc1. The molecule has 0 saturated heterocycles. The molecule has 144 valence electrons. The van der Waals surface area contributed by atoms with Gasteiger partial charge in [0, 0.05) is 4.90 Å². The third-order valence-corrected chi connectivity index (χ3v) is 4.18. The number of para-hydroxylation sites is 1. The molecule has 0 saturated carbocycles. The van der Waals surface area contributed by atoms with Crippen LogP contribution in [0, 0.1) is 6.92 Å².